The maximum atomic E-state index is 13.2. The smallest absolute Gasteiger partial charge is 0.416 e. The molecule has 0 aliphatic carbocycles. The van der Waals surface area contributed by atoms with Crippen molar-refractivity contribution in [2.24, 2.45) is 5.92 Å². The van der Waals surface area contributed by atoms with Crippen molar-refractivity contribution in [3.8, 4) is 0 Å². The zero-order chi connectivity index (χ0) is 19.6. The molecule has 1 aromatic carbocycles. The lowest BCUT2D eigenvalue weighted by Crippen LogP contribution is -2.41. The maximum absolute atomic E-state index is 13.2. The van der Waals surface area contributed by atoms with Crippen LogP contribution in [0, 0.1) is 12.8 Å². The minimum Gasteiger partial charge on any atom is -0.481 e. The molecule has 1 aromatic heterocycles. The largest absolute Gasteiger partial charge is 0.481 e. The molecule has 2 unspecified atom stereocenters. The first kappa shape index (κ1) is 19.4. The van der Waals surface area contributed by atoms with E-state index in [1.165, 1.54) is 6.07 Å². The number of hydrogen-bond acceptors (Lipinski definition) is 3. The number of hydrogen-bond donors (Lipinski definition) is 1. The molecule has 0 spiro atoms. The van der Waals surface area contributed by atoms with Gasteiger partial charge in [-0.3, -0.25) is 14.7 Å². The van der Waals surface area contributed by atoms with E-state index in [-0.39, 0.29) is 0 Å². The van der Waals surface area contributed by atoms with Crippen LogP contribution in [0.2, 0.25) is 0 Å². The first-order valence-electron chi connectivity index (χ1n) is 8.82. The molecule has 0 bridgehead atoms. The van der Waals surface area contributed by atoms with Crippen molar-refractivity contribution in [1.29, 1.82) is 0 Å². The van der Waals surface area contributed by atoms with Crippen molar-refractivity contribution in [3.05, 3.63) is 65.0 Å². The first-order chi connectivity index (χ1) is 12.8. The zero-order valence-corrected chi connectivity index (χ0v) is 14.9. The number of likely N-dealkylation sites (tertiary alicyclic amines) is 1. The third-order valence-corrected chi connectivity index (χ3v) is 5.06. The summed E-state index contributed by atoms with van der Waals surface area (Å²) in [7, 11) is 0. The predicted octanol–water partition coefficient (Wildman–Crippen LogP) is 4.29. The highest BCUT2D eigenvalue weighted by atomic mass is 19.4. The Kier molecular flexibility index (Phi) is 5.51. The van der Waals surface area contributed by atoms with Gasteiger partial charge in [0, 0.05) is 18.9 Å². The number of aromatic nitrogens is 1. The molecule has 3 rings (SSSR count). The monoisotopic (exact) mass is 378 g/mol. The second-order valence-electron chi connectivity index (χ2n) is 6.93. The number of aryl methyl sites for hydroxylation is 1. The van der Waals surface area contributed by atoms with Gasteiger partial charge in [-0.15, -0.1) is 0 Å². The van der Waals surface area contributed by atoms with Crippen LogP contribution in [0.3, 0.4) is 0 Å². The maximum Gasteiger partial charge on any atom is 0.416 e. The van der Waals surface area contributed by atoms with Crippen molar-refractivity contribution in [1.82, 2.24) is 9.88 Å². The molecule has 27 heavy (non-hydrogen) atoms. The van der Waals surface area contributed by atoms with Crippen LogP contribution in [0.15, 0.2) is 42.7 Å². The van der Waals surface area contributed by atoms with Crippen LogP contribution in [-0.4, -0.2) is 34.0 Å². The summed E-state index contributed by atoms with van der Waals surface area (Å²) in [4.78, 5) is 17.5. The molecule has 1 saturated heterocycles. The lowest BCUT2D eigenvalue weighted by Gasteiger charge is -2.38. The Balaban J connectivity index is 2.06. The van der Waals surface area contributed by atoms with Gasteiger partial charge in [0.05, 0.1) is 17.5 Å². The van der Waals surface area contributed by atoms with Gasteiger partial charge in [0.1, 0.15) is 0 Å². The molecule has 1 aliphatic heterocycles. The highest BCUT2D eigenvalue weighted by Crippen LogP contribution is 2.37. The summed E-state index contributed by atoms with van der Waals surface area (Å²) in [6.07, 6.45) is 0.127. The molecule has 144 valence electrons. The average molecular weight is 378 g/mol. The Morgan fingerprint density at radius 2 is 2.11 bits per heavy atom. The topological polar surface area (TPSA) is 53.4 Å². The van der Waals surface area contributed by atoms with E-state index in [9.17, 15) is 23.1 Å². The number of carboxylic acids is 1. The number of alkyl halides is 3. The second-order valence-corrected chi connectivity index (χ2v) is 6.93. The van der Waals surface area contributed by atoms with Gasteiger partial charge < -0.3 is 5.11 Å². The lowest BCUT2D eigenvalue weighted by atomic mass is 9.89. The van der Waals surface area contributed by atoms with E-state index in [4.69, 9.17) is 0 Å². The number of benzene rings is 1. The van der Waals surface area contributed by atoms with E-state index in [1.54, 1.807) is 24.5 Å². The fourth-order valence-corrected chi connectivity index (χ4v) is 3.71. The van der Waals surface area contributed by atoms with Gasteiger partial charge in [-0.2, -0.15) is 13.2 Å². The number of halogens is 3. The summed E-state index contributed by atoms with van der Waals surface area (Å²) in [5, 5.41) is 9.40. The van der Waals surface area contributed by atoms with Crippen LogP contribution in [0.5, 0.6) is 0 Å². The summed E-state index contributed by atoms with van der Waals surface area (Å²) in [5.74, 6) is -1.39. The summed E-state index contributed by atoms with van der Waals surface area (Å²) in [6.45, 7) is 2.80. The van der Waals surface area contributed by atoms with Gasteiger partial charge >= 0.3 is 12.1 Å². The number of pyridine rings is 1. The SMILES string of the molecule is Cc1cnccc1C(c1cccc(C(F)(F)F)c1)N1CCCC(C(=O)O)C1. The molecule has 4 nitrogen and oxygen atoms in total. The van der Waals surface area contributed by atoms with Crippen molar-refractivity contribution in [2.75, 3.05) is 13.1 Å². The normalized spacial score (nSPS) is 19.6. The van der Waals surface area contributed by atoms with E-state index in [2.05, 4.69) is 4.98 Å². The molecule has 2 aromatic rings. The van der Waals surface area contributed by atoms with E-state index in [0.29, 0.717) is 31.5 Å². The van der Waals surface area contributed by atoms with Gasteiger partial charge in [-0.1, -0.05) is 12.1 Å². The lowest BCUT2D eigenvalue weighted by molar-refractivity contribution is -0.143. The number of nitrogens with zero attached hydrogens (tertiary/aromatic N) is 2. The summed E-state index contributed by atoms with van der Waals surface area (Å²) in [5.41, 5.74) is 1.50. The highest BCUT2D eigenvalue weighted by molar-refractivity contribution is 5.70. The van der Waals surface area contributed by atoms with Crippen LogP contribution < -0.4 is 0 Å². The minimum atomic E-state index is -4.43. The van der Waals surface area contributed by atoms with E-state index in [0.717, 1.165) is 23.3 Å². The predicted molar refractivity (Wildman–Crippen MR) is 94.2 cm³/mol. The Hall–Kier alpha value is -2.41. The molecule has 0 amide bonds. The van der Waals surface area contributed by atoms with Crippen molar-refractivity contribution in [2.45, 2.75) is 32.0 Å². The van der Waals surface area contributed by atoms with Gasteiger partial charge in [-0.05, 0) is 61.2 Å². The van der Waals surface area contributed by atoms with Crippen LogP contribution >= 0.6 is 0 Å². The van der Waals surface area contributed by atoms with Gasteiger partial charge in [0.2, 0.25) is 0 Å². The molecule has 2 heterocycles. The van der Waals surface area contributed by atoms with Crippen molar-refractivity contribution < 1.29 is 23.1 Å². The standard InChI is InChI=1S/C20H21F3N2O2/c1-13-11-24-8-7-17(13)18(25-9-3-5-15(12-25)19(26)27)14-4-2-6-16(10-14)20(21,22)23/h2,4,6-8,10-11,15,18H,3,5,9,12H2,1H3,(H,26,27). The summed E-state index contributed by atoms with van der Waals surface area (Å²) < 4.78 is 39.7. The minimum absolute atomic E-state index is 0.304. The molecule has 1 N–H and O–H groups in total. The third-order valence-electron chi connectivity index (χ3n) is 5.06. The van der Waals surface area contributed by atoms with E-state index in [1.807, 2.05) is 11.8 Å². The van der Waals surface area contributed by atoms with Crippen LogP contribution in [-0.2, 0) is 11.0 Å². The van der Waals surface area contributed by atoms with Crippen LogP contribution in [0.1, 0.15) is 41.1 Å². The average Bonchev–Trinajstić information content (AvgIpc) is 2.63. The Morgan fingerprint density at radius 3 is 2.78 bits per heavy atom. The Bertz CT molecular complexity index is 823. The third kappa shape index (κ3) is 4.30. The molecular formula is C20H21F3N2O2. The molecule has 0 saturated carbocycles. The summed E-state index contributed by atoms with van der Waals surface area (Å²) in [6, 6.07) is 6.64. The van der Waals surface area contributed by atoms with Crippen molar-refractivity contribution in [3.63, 3.8) is 0 Å². The fraction of sp³-hybridized carbons (Fsp3) is 0.400. The highest BCUT2D eigenvalue weighted by Gasteiger charge is 2.34. The number of rotatable bonds is 4. The van der Waals surface area contributed by atoms with E-state index < -0.39 is 29.7 Å². The molecule has 1 fully saturated rings. The Labute approximate surface area is 155 Å². The van der Waals surface area contributed by atoms with Gasteiger partial charge in [0.25, 0.3) is 0 Å². The van der Waals surface area contributed by atoms with Gasteiger partial charge in [-0.25, -0.2) is 0 Å². The molecular weight excluding hydrogens is 357 g/mol. The second kappa shape index (κ2) is 7.68. The number of piperidine rings is 1. The van der Waals surface area contributed by atoms with Crippen molar-refractivity contribution >= 4 is 5.97 Å². The quantitative estimate of drug-likeness (QED) is 0.862. The summed E-state index contributed by atoms with van der Waals surface area (Å²) >= 11 is 0. The molecule has 0 radical (unpaired) electrons. The Morgan fingerprint density at radius 1 is 1.33 bits per heavy atom. The fourth-order valence-electron chi connectivity index (χ4n) is 3.71. The van der Waals surface area contributed by atoms with Crippen LogP contribution in [0.4, 0.5) is 13.2 Å². The van der Waals surface area contributed by atoms with Gasteiger partial charge in [0.15, 0.2) is 0 Å². The zero-order valence-electron chi connectivity index (χ0n) is 14.9. The number of aliphatic carboxylic acids is 1. The number of carboxylic acid groups (broad SMARTS) is 1. The molecule has 7 heteroatoms. The van der Waals surface area contributed by atoms with Crippen LogP contribution in [0.25, 0.3) is 0 Å². The first-order valence-corrected chi connectivity index (χ1v) is 8.82. The molecule has 2 atom stereocenters. The molecule has 1 aliphatic rings. The number of carbonyl (C=O) groups is 1. The van der Waals surface area contributed by atoms with E-state index >= 15 is 0 Å².